The van der Waals surface area contributed by atoms with Crippen LogP contribution in [0.5, 0.6) is 11.5 Å². The standard InChI is InChI=1S/C24H19F3INO5/c1-23(33)8-7-15-18(10-23)34-17-9-13(31)5-6-14(17)20(15)19-12(11-30)3-2-4-16(19)29-22(32)24(26,27)21(25)28/h2-9,11,18,21,31,33H,10H2,1H3,(H,29,32). The average molecular weight is 585 g/mol. The summed E-state index contributed by atoms with van der Waals surface area (Å²) in [6.45, 7) is 1.59. The van der Waals surface area contributed by atoms with E-state index in [1.165, 1.54) is 36.4 Å². The van der Waals surface area contributed by atoms with Gasteiger partial charge in [-0.1, -0.05) is 24.3 Å². The van der Waals surface area contributed by atoms with Crippen molar-refractivity contribution in [2.24, 2.45) is 0 Å². The summed E-state index contributed by atoms with van der Waals surface area (Å²) in [6.07, 6.45) is 3.12. The van der Waals surface area contributed by atoms with E-state index < -0.39 is 27.7 Å². The van der Waals surface area contributed by atoms with Gasteiger partial charge in [-0.2, -0.15) is 8.78 Å². The number of phenolic OH excluding ortho intramolecular Hbond substituents is 1. The number of phenols is 1. The van der Waals surface area contributed by atoms with Crippen molar-refractivity contribution >= 4 is 46.0 Å². The van der Waals surface area contributed by atoms with E-state index in [9.17, 15) is 33.0 Å². The fourth-order valence-corrected chi connectivity index (χ4v) is 4.32. The lowest BCUT2D eigenvalue weighted by molar-refractivity contribution is -0.142. The molecular formula is C24H19F3INO5. The summed E-state index contributed by atoms with van der Waals surface area (Å²) in [6, 6.07) is 8.47. The van der Waals surface area contributed by atoms with Crippen molar-refractivity contribution in [1.82, 2.24) is 0 Å². The number of fused-ring (bicyclic) bond motifs is 2. The molecule has 0 bridgehead atoms. The summed E-state index contributed by atoms with van der Waals surface area (Å²) >= 11 is 0.824. The smallest absolute Gasteiger partial charge is 0.364 e. The molecule has 2 aliphatic rings. The average Bonchev–Trinajstić information content (AvgIpc) is 2.76. The van der Waals surface area contributed by atoms with Gasteiger partial charge in [-0.25, -0.2) is 4.39 Å². The van der Waals surface area contributed by atoms with Gasteiger partial charge in [0.2, 0.25) is 4.18 Å². The fraction of sp³-hybridized carbons (Fsp3) is 0.250. The van der Waals surface area contributed by atoms with Crippen molar-refractivity contribution in [3.63, 3.8) is 0 Å². The van der Waals surface area contributed by atoms with Gasteiger partial charge in [0, 0.05) is 46.0 Å². The lowest BCUT2D eigenvalue weighted by Crippen LogP contribution is -2.40. The zero-order valence-corrected chi connectivity index (χ0v) is 19.8. The van der Waals surface area contributed by atoms with Gasteiger partial charge in [-0.3, -0.25) is 9.59 Å². The van der Waals surface area contributed by atoms with Crippen molar-refractivity contribution in [2.75, 3.05) is 5.32 Å². The lowest BCUT2D eigenvalue weighted by Gasteiger charge is -2.37. The van der Waals surface area contributed by atoms with Crippen LogP contribution in [0.2, 0.25) is 0 Å². The predicted octanol–water partition coefficient (Wildman–Crippen LogP) is 4.78. The molecule has 1 heterocycles. The molecular weight excluding hydrogens is 566 g/mol. The highest BCUT2D eigenvalue weighted by Gasteiger charge is 2.47. The van der Waals surface area contributed by atoms with Crippen molar-refractivity contribution < 1.29 is 37.7 Å². The monoisotopic (exact) mass is 585 g/mol. The van der Waals surface area contributed by atoms with Gasteiger partial charge in [0.1, 0.15) is 17.6 Å². The van der Waals surface area contributed by atoms with Crippen LogP contribution in [0.3, 0.4) is 0 Å². The molecule has 1 aliphatic heterocycles. The van der Waals surface area contributed by atoms with Gasteiger partial charge < -0.3 is 20.3 Å². The first-order chi connectivity index (χ1) is 15.9. The quantitative estimate of drug-likeness (QED) is 0.267. The number of carbonyl (C=O) groups excluding carboxylic acids is 2. The third-order valence-electron chi connectivity index (χ3n) is 5.66. The number of alkyl halides is 4. The van der Waals surface area contributed by atoms with Crippen LogP contribution in [0.1, 0.15) is 34.8 Å². The lowest BCUT2D eigenvalue weighted by atomic mass is 9.79. The Bertz CT molecular complexity index is 1240. The molecule has 3 N–H and O–H groups in total. The van der Waals surface area contributed by atoms with E-state index in [-0.39, 0.29) is 34.7 Å². The Kier molecular flexibility index (Phi) is 6.23. The van der Waals surface area contributed by atoms with Gasteiger partial charge in [-0.05, 0) is 47.7 Å². The fourth-order valence-electron chi connectivity index (χ4n) is 4.04. The Hall–Kier alpha value is -2.86. The van der Waals surface area contributed by atoms with Gasteiger partial charge in [0.15, 0.2) is 6.29 Å². The molecule has 0 radical (unpaired) electrons. The zero-order valence-electron chi connectivity index (χ0n) is 17.7. The Morgan fingerprint density at radius 1 is 1.35 bits per heavy atom. The van der Waals surface area contributed by atoms with Crippen LogP contribution in [0.15, 0.2) is 54.1 Å². The van der Waals surface area contributed by atoms with E-state index in [2.05, 4.69) is 5.32 Å². The number of anilines is 1. The molecule has 0 saturated heterocycles. The number of amides is 1. The first-order valence-corrected chi connectivity index (χ1v) is 11.4. The van der Waals surface area contributed by atoms with Crippen LogP contribution in [0.25, 0.3) is 5.57 Å². The van der Waals surface area contributed by atoms with E-state index >= 15 is 0 Å². The third-order valence-corrected chi connectivity index (χ3v) is 6.44. The number of aldehydes is 1. The van der Waals surface area contributed by atoms with Crippen LogP contribution in [-0.2, 0) is 4.79 Å². The summed E-state index contributed by atoms with van der Waals surface area (Å²) in [7, 11) is 0. The first-order valence-electron chi connectivity index (χ1n) is 10.2. The molecule has 3 unspecified atom stereocenters. The second kappa shape index (κ2) is 8.73. The van der Waals surface area contributed by atoms with Gasteiger partial charge >= 0.3 is 5.92 Å². The van der Waals surface area contributed by atoms with E-state index in [1.807, 2.05) is 0 Å². The molecule has 1 aliphatic carbocycles. The normalized spacial score (nSPS) is 22.4. The summed E-state index contributed by atoms with van der Waals surface area (Å²) in [5, 5.41) is 22.6. The number of hydrogen-bond donors (Lipinski definition) is 3. The molecule has 34 heavy (non-hydrogen) atoms. The summed E-state index contributed by atoms with van der Waals surface area (Å²) < 4.78 is 44.8. The van der Waals surface area contributed by atoms with Crippen molar-refractivity contribution in [1.29, 1.82) is 0 Å². The number of hydrogen-bond acceptors (Lipinski definition) is 5. The number of aromatic hydroxyl groups is 1. The number of rotatable bonds is 5. The molecule has 0 spiro atoms. The van der Waals surface area contributed by atoms with Crippen LogP contribution in [-0.4, -0.2) is 44.2 Å². The van der Waals surface area contributed by atoms with E-state index in [0.29, 0.717) is 23.0 Å². The minimum absolute atomic E-state index is 0.0836. The van der Waals surface area contributed by atoms with E-state index in [4.69, 9.17) is 4.74 Å². The number of nitrogens with one attached hydrogen (secondary N) is 1. The van der Waals surface area contributed by atoms with Crippen molar-refractivity contribution in [3.05, 3.63) is 70.8 Å². The number of carbonyl (C=O) groups is 2. The number of ether oxygens (including phenoxy) is 1. The maximum Gasteiger partial charge on any atom is 0.364 e. The molecule has 4 rings (SSSR count). The molecule has 0 saturated carbocycles. The number of halogens is 4. The maximum absolute atomic E-state index is 14.1. The van der Waals surface area contributed by atoms with Crippen LogP contribution >= 0.6 is 22.6 Å². The Balaban J connectivity index is 1.97. The Morgan fingerprint density at radius 3 is 2.76 bits per heavy atom. The summed E-state index contributed by atoms with van der Waals surface area (Å²) in [4.78, 5) is 24.2. The number of aliphatic hydroxyl groups is 1. The minimum atomic E-state index is -4.31. The molecule has 2 aromatic carbocycles. The predicted molar refractivity (Wildman–Crippen MR) is 127 cm³/mol. The zero-order chi connectivity index (χ0) is 24.8. The third kappa shape index (κ3) is 4.31. The second-order valence-electron chi connectivity index (χ2n) is 8.28. The summed E-state index contributed by atoms with van der Waals surface area (Å²) in [5.41, 5.74) is 0.257. The molecule has 1 amide bonds. The molecule has 0 aromatic heterocycles. The van der Waals surface area contributed by atoms with Crippen molar-refractivity contribution in [2.45, 2.75) is 35.2 Å². The van der Waals surface area contributed by atoms with E-state index in [0.717, 1.165) is 22.6 Å². The second-order valence-corrected chi connectivity index (χ2v) is 9.37. The molecule has 178 valence electrons. The topological polar surface area (TPSA) is 95.9 Å². The maximum atomic E-state index is 14.1. The molecule has 6 nitrogen and oxygen atoms in total. The first kappa shape index (κ1) is 24.3. The summed E-state index contributed by atoms with van der Waals surface area (Å²) in [5.74, 6) is -6.01. The van der Waals surface area contributed by atoms with Gasteiger partial charge in [-0.15, -0.1) is 0 Å². The highest BCUT2D eigenvalue weighted by molar-refractivity contribution is 14.1. The van der Waals surface area contributed by atoms with Crippen LogP contribution < -0.4 is 10.1 Å². The molecule has 10 heteroatoms. The Labute approximate surface area is 206 Å². The SMILES string of the molecule is CC1(O)C=CC2=C(c3c(C=O)cccc3NC(=O)C(F)(F)C(F)I)c3ccc(O)cc3OC2C1. The van der Waals surface area contributed by atoms with Crippen LogP contribution in [0, 0.1) is 0 Å². The highest BCUT2D eigenvalue weighted by Crippen LogP contribution is 2.47. The van der Waals surface area contributed by atoms with Crippen LogP contribution in [0.4, 0.5) is 18.9 Å². The molecule has 2 aromatic rings. The van der Waals surface area contributed by atoms with Crippen molar-refractivity contribution in [3.8, 4) is 11.5 Å². The Morgan fingerprint density at radius 2 is 2.09 bits per heavy atom. The molecule has 0 fully saturated rings. The van der Waals surface area contributed by atoms with Gasteiger partial charge in [0.25, 0.3) is 5.91 Å². The largest absolute Gasteiger partial charge is 0.508 e. The highest BCUT2D eigenvalue weighted by atomic mass is 127. The van der Waals surface area contributed by atoms with E-state index in [1.54, 1.807) is 19.1 Å². The molecule has 3 atom stereocenters. The minimum Gasteiger partial charge on any atom is -0.508 e. The van der Waals surface area contributed by atoms with Gasteiger partial charge in [0.05, 0.1) is 5.60 Å². The number of benzene rings is 2.